The van der Waals surface area contributed by atoms with E-state index in [1.165, 1.54) is 10.4 Å². The maximum absolute atomic E-state index is 12.8. The Labute approximate surface area is 126 Å². The molecule has 0 spiro atoms. The van der Waals surface area contributed by atoms with Crippen molar-refractivity contribution in [1.82, 2.24) is 0 Å². The smallest absolute Gasteiger partial charge is 0.345 e. The zero-order chi connectivity index (χ0) is 15.2. The average Bonchev–Trinajstić information content (AvgIpc) is 3.02. The lowest BCUT2D eigenvalue weighted by atomic mass is 10.2. The maximum Gasteiger partial charge on any atom is 0.345 e. The van der Waals surface area contributed by atoms with E-state index >= 15 is 0 Å². The molecule has 1 aliphatic rings. The molecule has 110 valence electrons. The molecule has 21 heavy (non-hydrogen) atoms. The van der Waals surface area contributed by atoms with Gasteiger partial charge in [-0.05, 0) is 31.0 Å². The van der Waals surface area contributed by atoms with Crippen LogP contribution in [0.25, 0.3) is 0 Å². The molecule has 1 aromatic heterocycles. The van der Waals surface area contributed by atoms with Gasteiger partial charge in [-0.1, -0.05) is 18.2 Å². The summed E-state index contributed by atoms with van der Waals surface area (Å²) >= 11 is 0.984. The van der Waals surface area contributed by atoms with Gasteiger partial charge in [0.25, 0.3) is 10.0 Å². The van der Waals surface area contributed by atoms with E-state index in [0.717, 1.165) is 16.9 Å². The summed E-state index contributed by atoms with van der Waals surface area (Å²) in [5, 5.41) is 9.01. The second-order valence-corrected chi connectivity index (χ2v) is 7.88. The Morgan fingerprint density at radius 2 is 2.05 bits per heavy atom. The lowest BCUT2D eigenvalue weighted by Gasteiger charge is -2.19. The monoisotopic (exact) mass is 323 g/mol. The Morgan fingerprint density at radius 1 is 1.33 bits per heavy atom. The Kier molecular flexibility index (Phi) is 3.26. The standard InChI is InChI=1S/C14H13NO4S2/c1-9-13(8-12(20-9)14(16)17)21(18,19)15-7-6-10-4-2-3-5-11(10)15/h2-5,8H,6-7H2,1H3,(H,16,17). The van der Waals surface area contributed by atoms with Crippen LogP contribution in [-0.4, -0.2) is 26.0 Å². The van der Waals surface area contributed by atoms with Gasteiger partial charge in [0.05, 0.1) is 5.69 Å². The fraction of sp³-hybridized carbons (Fsp3) is 0.214. The number of carboxylic acid groups (broad SMARTS) is 1. The van der Waals surface area contributed by atoms with Gasteiger partial charge in [0.1, 0.15) is 9.77 Å². The van der Waals surface area contributed by atoms with Crippen LogP contribution >= 0.6 is 11.3 Å². The van der Waals surface area contributed by atoms with Gasteiger partial charge < -0.3 is 5.11 Å². The highest BCUT2D eigenvalue weighted by Crippen LogP contribution is 2.35. The van der Waals surface area contributed by atoms with Crippen LogP contribution in [0, 0.1) is 6.92 Å². The van der Waals surface area contributed by atoms with Gasteiger partial charge in [-0.15, -0.1) is 11.3 Å². The molecule has 3 rings (SSSR count). The number of hydrogen-bond donors (Lipinski definition) is 1. The molecule has 0 aliphatic carbocycles. The van der Waals surface area contributed by atoms with Crippen molar-refractivity contribution in [2.75, 3.05) is 10.8 Å². The third-order valence-electron chi connectivity index (χ3n) is 3.50. The summed E-state index contributed by atoms with van der Waals surface area (Å²) in [4.78, 5) is 11.6. The molecule has 7 heteroatoms. The number of carboxylic acids is 1. The predicted molar refractivity (Wildman–Crippen MR) is 80.7 cm³/mol. The van der Waals surface area contributed by atoms with Crippen molar-refractivity contribution >= 4 is 33.0 Å². The van der Waals surface area contributed by atoms with E-state index in [2.05, 4.69) is 0 Å². The normalized spacial score (nSPS) is 14.2. The van der Waals surface area contributed by atoms with E-state index in [9.17, 15) is 13.2 Å². The zero-order valence-electron chi connectivity index (χ0n) is 11.2. The fourth-order valence-corrected chi connectivity index (χ4v) is 5.41. The highest BCUT2D eigenvalue weighted by molar-refractivity contribution is 7.93. The summed E-state index contributed by atoms with van der Waals surface area (Å²) < 4.78 is 27.0. The number of carbonyl (C=O) groups is 1. The van der Waals surface area contributed by atoms with Crippen LogP contribution in [0.1, 0.15) is 20.1 Å². The second kappa shape index (κ2) is 4.85. The molecule has 0 radical (unpaired) electrons. The van der Waals surface area contributed by atoms with Crippen LogP contribution in [0.15, 0.2) is 35.2 Å². The molecule has 0 saturated heterocycles. The van der Waals surface area contributed by atoms with Crippen molar-refractivity contribution in [2.45, 2.75) is 18.2 Å². The minimum Gasteiger partial charge on any atom is -0.477 e. The Hall–Kier alpha value is -1.86. The van der Waals surface area contributed by atoms with E-state index < -0.39 is 16.0 Å². The number of nitrogens with zero attached hydrogens (tertiary/aromatic N) is 1. The molecular formula is C14H13NO4S2. The van der Waals surface area contributed by atoms with Gasteiger partial charge in [-0.2, -0.15) is 0 Å². The third-order valence-corrected chi connectivity index (χ3v) is 6.60. The highest BCUT2D eigenvalue weighted by Gasteiger charge is 2.33. The van der Waals surface area contributed by atoms with E-state index in [1.54, 1.807) is 19.1 Å². The minimum absolute atomic E-state index is 0.0403. The molecule has 0 bridgehead atoms. The van der Waals surface area contributed by atoms with Gasteiger partial charge in [-0.3, -0.25) is 4.31 Å². The molecule has 1 N–H and O–H groups in total. The van der Waals surface area contributed by atoms with Crippen LogP contribution in [-0.2, 0) is 16.4 Å². The van der Waals surface area contributed by atoms with Crippen molar-refractivity contribution in [3.05, 3.63) is 45.6 Å². The second-order valence-electron chi connectivity index (χ2n) is 4.79. The summed E-state index contributed by atoms with van der Waals surface area (Å²) in [6.45, 7) is 2.02. The van der Waals surface area contributed by atoms with E-state index in [-0.39, 0.29) is 9.77 Å². The van der Waals surface area contributed by atoms with Crippen molar-refractivity contribution < 1.29 is 18.3 Å². The first-order valence-corrected chi connectivity index (χ1v) is 8.61. The maximum atomic E-state index is 12.8. The summed E-state index contributed by atoms with van der Waals surface area (Å²) in [6, 6.07) is 8.62. The minimum atomic E-state index is -3.72. The van der Waals surface area contributed by atoms with E-state index in [4.69, 9.17) is 5.11 Å². The van der Waals surface area contributed by atoms with Gasteiger partial charge in [0, 0.05) is 11.4 Å². The quantitative estimate of drug-likeness (QED) is 0.942. The number of aryl methyl sites for hydroxylation is 1. The van der Waals surface area contributed by atoms with E-state index in [0.29, 0.717) is 23.5 Å². The Bertz CT molecular complexity index is 823. The van der Waals surface area contributed by atoms with Crippen molar-refractivity contribution in [3.8, 4) is 0 Å². The number of anilines is 1. The average molecular weight is 323 g/mol. The molecule has 0 amide bonds. The molecule has 0 fully saturated rings. The molecule has 5 nitrogen and oxygen atoms in total. The van der Waals surface area contributed by atoms with E-state index in [1.807, 2.05) is 12.1 Å². The highest BCUT2D eigenvalue weighted by atomic mass is 32.2. The Balaban J connectivity index is 2.08. The summed E-state index contributed by atoms with van der Waals surface area (Å²) in [5.74, 6) is -1.11. The number of fused-ring (bicyclic) bond motifs is 1. The summed E-state index contributed by atoms with van der Waals surface area (Å²) in [6.07, 6.45) is 0.671. The molecule has 2 heterocycles. The summed E-state index contributed by atoms with van der Waals surface area (Å²) in [7, 11) is -3.72. The van der Waals surface area contributed by atoms with Crippen LogP contribution in [0.5, 0.6) is 0 Å². The number of benzene rings is 1. The number of rotatable bonds is 3. The lowest BCUT2D eigenvalue weighted by Crippen LogP contribution is -2.29. The van der Waals surface area contributed by atoms with Crippen LogP contribution in [0.4, 0.5) is 5.69 Å². The molecular weight excluding hydrogens is 310 g/mol. The van der Waals surface area contributed by atoms with Gasteiger partial charge in [-0.25, -0.2) is 13.2 Å². The SMILES string of the molecule is Cc1sc(C(=O)O)cc1S(=O)(=O)N1CCc2ccccc21. The van der Waals surface area contributed by atoms with Gasteiger partial charge in [0.15, 0.2) is 0 Å². The summed E-state index contributed by atoms with van der Waals surface area (Å²) in [5.41, 5.74) is 1.67. The topological polar surface area (TPSA) is 74.7 Å². The van der Waals surface area contributed by atoms with Crippen molar-refractivity contribution in [3.63, 3.8) is 0 Å². The number of thiophene rings is 1. The molecule has 1 aliphatic heterocycles. The number of sulfonamides is 1. The molecule has 0 unspecified atom stereocenters. The lowest BCUT2D eigenvalue weighted by molar-refractivity contribution is 0.0702. The molecule has 1 aromatic carbocycles. The number of para-hydroxylation sites is 1. The first-order chi connectivity index (χ1) is 9.91. The van der Waals surface area contributed by atoms with Gasteiger partial charge >= 0.3 is 5.97 Å². The molecule has 0 atom stereocenters. The van der Waals surface area contributed by atoms with Crippen LogP contribution in [0.3, 0.4) is 0 Å². The largest absolute Gasteiger partial charge is 0.477 e. The number of aromatic carboxylic acids is 1. The third kappa shape index (κ3) is 2.22. The van der Waals surface area contributed by atoms with Crippen LogP contribution < -0.4 is 4.31 Å². The molecule has 0 saturated carbocycles. The van der Waals surface area contributed by atoms with Crippen molar-refractivity contribution in [2.24, 2.45) is 0 Å². The Morgan fingerprint density at radius 3 is 2.71 bits per heavy atom. The predicted octanol–water partition coefficient (Wildman–Crippen LogP) is 2.51. The van der Waals surface area contributed by atoms with Gasteiger partial charge in [0.2, 0.25) is 0 Å². The van der Waals surface area contributed by atoms with Crippen molar-refractivity contribution in [1.29, 1.82) is 0 Å². The number of hydrogen-bond acceptors (Lipinski definition) is 4. The first kappa shape index (κ1) is 14.1. The first-order valence-electron chi connectivity index (χ1n) is 6.35. The zero-order valence-corrected chi connectivity index (χ0v) is 12.9. The fourth-order valence-electron chi connectivity index (χ4n) is 2.50. The molecule has 2 aromatic rings. The van der Waals surface area contributed by atoms with Crippen LogP contribution in [0.2, 0.25) is 0 Å².